The van der Waals surface area contributed by atoms with E-state index < -0.39 is 0 Å². The lowest BCUT2D eigenvalue weighted by molar-refractivity contribution is 0.721. The standard InChI is InChI=1S/C13H22N2S/c1-11(14)8-10-16-9-2-3-12-4-6-13(15)7-5-12/h4-7,11H,2-3,8-10,14-15H2,1H3. The Balaban J connectivity index is 2.05. The van der Waals surface area contributed by atoms with Crippen molar-refractivity contribution in [2.24, 2.45) is 5.73 Å². The van der Waals surface area contributed by atoms with Gasteiger partial charge in [-0.3, -0.25) is 0 Å². The summed E-state index contributed by atoms with van der Waals surface area (Å²) in [7, 11) is 0. The molecule has 1 aromatic carbocycles. The normalized spacial score (nSPS) is 12.6. The maximum Gasteiger partial charge on any atom is 0.0314 e. The maximum atomic E-state index is 5.69. The molecule has 0 aliphatic heterocycles. The Morgan fingerprint density at radius 2 is 1.88 bits per heavy atom. The molecule has 0 aromatic heterocycles. The number of benzene rings is 1. The third kappa shape index (κ3) is 6.03. The van der Waals surface area contributed by atoms with E-state index in [1.807, 2.05) is 23.9 Å². The summed E-state index contributed by atoms with van der Waals surface area (Å²) in [4.78, 5) is 0. The minimum absolute atomic E-state index is 0.338. The van der Waals surface area contributed by atoms with E-state index in [2.05, 4.69) is 19.1 Å². The van der Waals surface area contributed by atoms with Crippen molar-refractivity contribution in [3.8, 4) is 0 Å². The minimum Gasteiger partial charge on any atom is -0.399 e. The second kappa shape index (κ2) is 7.58. The molecule has 90 valence electrons. The highest BCUT2D eigenvalue weighted by molar-refractivity contribution is 7.99. The molecule has 1 atom stereocenters. The summed E-state index contributed by atoms with van der Waals surface area (Å²) < 4.78 is 0. The van der Waals surface area contributed by atoms with Crippen LogP contribution >= 0.6 is 11.8 Å². The van der Waals surface area contributed by atoms with Crippen molar-refractivity contribution in [2.45, 2.75) is 32.2 Å². The molecule has 0 fully saturated rings. The zero-order valence-corrected chi connectivity index (χ0v) is 10.8. The van der Waals surface area contributed by atoms with Crippen molar-refractivity contribution in [1.29, 1.82) is 0 Å². The summed E-state index contributed by atoms with van der Waals surface area (Å²) in [5.41, 5.74) is 13.5. The van der Waals surface area contributed by atoms with Gasteiger partial charge in [-0.05, 0) is 55.4 Å². The first kappa shape index (κ1) is 13.4. The molecule has 1 rings (SSSR count). The largest absolute Gasteiger partial charge is 0.399 e. The maximum absolute atomic E-state index is 5.69. The fraction of sp³-hybridized carbons (Fsp3) is 0.538. The molecular formula is C13H22N2S. The van der Waals surface area contributed by atoms with Crippen LogP contribution in [0.25, 0.3) is 0 Å². The number of aryl methyl sites for hydroxylation is 1. The fourth-order valence-corrected chi connectivity index (χ4v) is 2.52. The number of thioether (sulfide) groups is 1. The van der Waals surface area contributed by atoms with Crippen LogP contribution in [0.15, 0.2) is 24.3 Å². The highest BCUT2D eigenvalue weighted by Crippen LogP contribution is 2.11. The van der Waals surface area contributed by atoms with Crippen molar-refractivity contribution < 1.29 is 0 Å². The van der Waals surface area contributed by atoms with Gasteiger partial charge < -0.3 is 11.5 Å². The Morgan fingerprint density at radius 3 is 2.50 bits per heavy atom. The van der Waals surface area contributed by atoms with Crippen LogP contribution in [0.4, 0.5) is 5.69 Å². The smallest absolute Gasteiger partial charge is 0.0314 e. The van der Waals surface area contributed by atoms with Gasteiger partial charge in [0.15, 0.2) is 0 Å². The molecule has 0 radical (unpaired) electrons. The zero-order chi connectivity index (χ0) is 11.8. The molecule has 2 nitrogen and oxygen atoms in total. The predicted octanol–water partition coefficient (Wildman–Crippen LogP) is 2.67. The van der Waals surface area contributed by atoms with E-state index in [9.17, 15) is 0 Å². The van der Waals surface area contributed by atoms with Gasteiger partial charge in [-0.15, -0.1) is 0 Å². The number of hydrogen-bond acceptors (Lipinski definition) is 3. The number of nitrogens with two attached hydrogens (primary N) is 2. The quantitative estimate of drug-likeness (QED) is 0.567. The van der Waals surface area contributed by atoms with Crippen molar-refractivity contribution in [2.75, 3.05) is 17.2 Å². The predicted molar refractivity (Wildman–Crippen MR) is 74.8 cm³/mol. The SMILES string of the molecule is CC(N)CCSCCCc1ccc(N)cc1. The van der Waals surface area contributed by atoms with Crippen LogP contribution < -0.4 is 11.5 Å². The molecule has 0 spiro atoms. The molecule has 0 saturated heterocycles. The van der Waals surface area contributed by atoms with Gasteiger partial charge in [0, 0.05) is 11.7 Å². The molecular weight excluding hydrogens is 216 g/mol. The average molecular weight is 238 g/mol. The Bertz CT molecular complexity index is 282. The lowest BCUT2D eigenvalue weighted by atomic mass is 10.1. The second-order valence-electron chi connectivity index (χ2n) is 4.22. The Morgan fingerprint density at radius 1 is 1.19 bits per heavy atom. The van der Waals surface area contributed by atoms with E-state index in [1.165, 1.54) is 23.5 Å². The molecule has 0 aliphatic carbocycles. The fourth-order valence-electron chi connectivity index (χ4n) is 1.43. The van der Waals surface area contributed by atoms with Gasteiger partial charge in [-0.1, -0.05) is 12.1 Å². The second-order valence-corrected chi connectivity index (χ2v) is 5.45. The van der Waals surface area contributed by atoms with Crippen LogP contribution in [0.3, 0.4) is 0 Å². The monoisotopic (exact) mass is 238 g/mol. The summed E-state index contributed by atoms with van der Waals surface area (Å²) >= 11 is 2.00. The summed E-state index contributed by atoms with van der Waals surface area (Å²) in [6, 6.07) is 8.51. The van der Waals surface area contributed by atoms with E-state index in [0.29, 0.717) is 6.04 Å². The molecule has 4 N–H and O–H groups in total. The van der Waals surface area contributed by atoms with Crippen LogP contribution in [-0.2, 0) is 6.42 Å². The van der Waals surface area contributed by atoms with Gasteiger partial charge >= 0.3 is 0 Å². The van der Waals surface area contributed by atoms with Crippen LogP contribution in [0, 0.1) is 0 Å². The van der Waals surface area contributed by atoms with E-state index in [4.69, 9.17) is 11.5 Å². The lowest BCUT2D eigenvalue weighted by Crippen LogP contribution is -2.15. The molecule has 1 unspecified atom stereocenters. The van der Waals surface area contributed by atoms with Crippen molar-refractivity contribution in [3.63, 3.8) is 0 Å². The van der Waals surface area contributed by atoms with Gasteiger partial charge in [0.1, 0.15) is 0 Å². The summed E-state index contributed by atoms with van der Waals surface area (Å²) in [6.07, 6.45) is 3.49. The van der Waals surface area contributed by atoms with Gasteiger partial charge in [0.2, 0.25) is 0 Å². The molecule has 0 aliphatic rings. The lowest BCUT2D eigenvalue weighted by Gasteiger charge is -2.05. The number of hydrogen-bond donors (Lipinski definition) is 2. The Labute approximate surface area is 103 Å². The first-order valence-corrected chi connectivity index (χ1v) is 7.01. The third-order valence-corrected chi connectivity index (χ3v) is 3.55. The number of rotatable bonds is 7. The van der Waals surface area contributed by atoms with Crippen LogP contribution in [0.1, 0.15) is 25.3 Å². The van der Waals surface area contributed by atoms with Gasteiger partial charge in [0.25, 0.3) is 0 Å². The van der Waals surface area contributed by atoms with Crippen molar-refractivity contribution in [1.82, 2.24) is 0 Å². The first-order valence-electron chi connectivity index (χ1n) is 5.86. The topological polar surface area (TPSA) is 52.0 Å². The highest BCUT2D eigenvalue weighted by atomic mass is 32.2. The summed E-state index contributed by atoms with van der Waals surface area (Å²) in [6.45, 7) is 2.06. The summed E-state index contributed by atoms with van der Waals surface area (Å²) in [5.74, 6) is 2.40. The molecule has 0 saturated carbocycles. The van der Waals surface area contributed by atoms with E-state index in [0.717, 1.165) is 18.5 Å². The molecule has 0 bridgehead atoms. The highest BCUT2D eigenvalue weighted by Gasteiger charge is 1.96. The van der Waals surface area contributed by atoms with Crippen LogP contribution in [0.2, 0.25) is 0 Å². The molecule has 0 heterocycles. The van der Waals surface area contributed by atoms with Gasteiger partial charge in [0.05, 0.1) is 0 Å². The number of anilines is 1. The third-order valence-electron chi connectivity index (χ3n) is 2.45. The minimum atomic E-state index is 0.338. The zero-order valence-electron chi connectivity index (χ0n) is 9.99. The Kier molecular flexibility index (Phi) is 6.34. The van der Waals surface area contributed by atoms with Crippen molar-refractivity contribution in [3.05, 3.63) is 29.8 Å². The van der Waals surface area contributed by atoms with Crippen molar-refractivity contribution >= 4 is 17.4 Å². The Hall–Kier alpha value is -0.670. The van der Waals surface area contributed by atoms with E-state index >= 15 is 0 Å². The average Bonchev–Trinajstić information content (AvgIpc) is 2.25. The summed E-state index contributed by atoms with van der Waals surface area (Å²) in [5, 5.41) is 0. The van der Waals surface area contributed by atoms with E-state index in [-0.39, 0.29) is 0 Å². The number of nitrogen functional groups attached to an aromatic ring is 1. The first-order chi connectivity index (χ1) is 7.68. The van der Waals surface area contributed by atoms with E-state index in [1.54, 1.807) is 0 Å². The van der Waals surface area contributed by atoms with Crippen LogP contribution in [-0.4, -0.2) is 17.5 Å². The molecule has 0 amide bonds. The molecule has 1 aromatic rings. The van der Waals surface area contributed by atoms with Gasteiger partial charge in [-0.2, -0.15) is 11.8 Å². The van der Waals surface area contributed by atoms with Crippen LogP contribution in [0.5, 0.6) is 0 Å². The molecule has 3 heteroatoms. The molecule has 16 heavy (non-hydrogen) atoms. The van der Waals surface area contributed by atoms with Gasteiger partial charge in [-0.25, -0.2) is 0 Å².